The molecule has 1 aliphatic heterocycles. The van der Waals surface area contributed by atoms with Crippen molar-refractivity contribution in [3.63, 3.8) is 0 Å². The SMILES string of the molecule is Cc1noc(C)c1-c1nccc(C2CCCN2S(=O)(=O)c2cccnc2)n1. The Balaban J connectivity index is 1.72. The highest BCUT2D eigenvalue weighted by atomic mass is 32.2. The number of hydrogen-bond donors (Lipinski definition) is 0. The molecule has 8 nitrogen and oxygen atoms in total. The lowest BCUT2D eigenvalue weighted by molar-refractivity contribution is 0.389. The van der Waals surface area contributed by atoms with Crippen LogP contribution in [0, 0.1) is 13.8 Å². The first-order chi connectivity index (χ1) is 13.0. The molecule has 0 aliphatic carbocycles. The van der Waals surface area contributed by atoms with Crippen LogP contribution in [-0.2, 0) is 10.0 Å². The zero-order chi connectivity index (χ0) is 19.0. The van der Waals surface area contributed by atoms with Crippen LogP contribution in [0.2, 0.25) is 0 Å². The molecule has 0 N–H and O–H groups in total. The molecular formula is C18H19N5O3S. The molecule has 1 unspecified atom stereocenters. The molecular weight excluding hydrogens is 366 g/mol. The monoisotopic (exact) mass is 385 g/mol. The van der Waals surface area contributed by atoms with Crippen molar-refractivity contribution in [1.29, 1.82) is 0 Å². The molecule has 0 aromatic carbocycles. The molecule has 0 amide bonds. The fourth-order valence-electron chi connectivity index (χ4n) is 3.44. The summed E-state index contributed by atoms with van der Waals surface area (Å²) in [5, 5.41) is 3.95. The Bertz CT molecular complexity index is 1050. The fraction of sp³-hybridized carbons (Fsp3) is 0.333. The third-order valence-electron chi connectivity index (χ3n) is 4.72. The van der Waals surface area contributed by atoms with Crippen molar-refractivity contribution in [1.82, 2.24) is 24.4 Å². The molecule has 4 rings (SSSR count). The minimum Gasteiger partial charge on any atom is -0.361 e. The minimum absolute atomic E-state index is 0.192. The van der Waals surface area contributed by atoms with Crippen molar-refractivity contribution in [2.24, 2.45) is 0 Å². The average molecular weight is 385 g/mol. The van der Waals surface area contributed by atoms with Crippen LogP contribution in [0.25, 0.3) is 11.4 Å². The average Bonchev–Trinajstić information content (AvgIpc) is 3.30. The molecule has 0 bridgehead atoms. The van der Waals surface area contributed by atoms with Gasteiger partial charge in [-0.3, -0.25) is 4.98 Å². The zero-order valence-corrected chi connectivity index (χ0v) is 15.8. The molecule has 1 aliphatic rings. The van der Waals surface area contributed by atoms with E-state index >= 15 is 0 Å². The van der Waals surface area contributed by atoms with E-state index in [0.717, 1.165) is 12.0 Å². The maximum absolute atomic E-state index is 13.1. The Kier molecular flexibility index (Phi) is 4.48. The van der Waals surface area contributed by atoms with Gasteiger partial charge in [0, 0.05) is 25.1 Å². The van der Waals surface area contributed by atoms with Crippen molar-refractivity contribution in [3.8, 4) is 11.4 Å². The van der Waals surface area contributed by atoms with E-state index in [-0.39, 0.29) is 10.9 Å². The Hall–Kier alpha value is -2.65. The third kappa shape index (κ3) is 3.13. The van der Waals surface area contributed by atoms with Gasteiger partial charge in [0.25, 0.3) is 0 Å². The first-order valence-electron chi connectivity index (χ1n) is 8.66. The van der Waals surface area contributed by atoms with Gasteiger partial charge < -0.3 is 4.52 Å². The molecule has 0 spiro atoms. The first kappa shape index (κ1) is 17.7. The molecule has 1 saturated heterocycles. The quantitative estimate of drug-likeness (QED) is 0.680. The summed E-state index contributed by atoms with van der Waals surface area (Å²) < 4.78 is 32.8. The number of aromatic nitrogens is 4. The standard InChI is InChI=1S/C18H19N5O3S/c1-12-17(13(2)26-22-12)18-20-9-7-15(21-18)16-6-4-10-23(16)27(24,25)14-5-3-8-19-11-14/h3,5,7-9,11,16H,4,6,10H2,1-2H3. The summed E-state index contributed by atoms with van der Waals surface area (Å²) >= 11 is 0. The van der Waals surface area contributed by atoms with E-state index < -0.39 is 10.0 Å². The molecule has 140 valence electrons. The molecule has 3 aromatic heterocycles. The van der Waals surface area contributed by atoms with E-state index in [9.17, 15) is 8.42 Å². The highest BCUT2D eigenvalue weighted by molar-refractivity contribution is 7.89. The van der Waals surface area contributed by atoms with Crippen LogP contribution >= 0.6 is 0 Å². The molecule has 4 heterocycles. The van der Waals surface area contributed by atoms with Gasteiger partial charge in [0.2, 0.25) is 10.0 Å². The Morgan fingerprint density at radius 3 is 2.78 bits per heavy atom. The minimum atomic E-state index is -3.64. The van der Waals surface area contributed by atoms with Gasteiger partial charge >= 0.3 is 0 Å². The largest absolute Gasteiger partial charge is 0.361 e. The lowest BCUT2D eigenvalue weighted by Crippen LogP contribution is -2.31. The number of rotatable bonds is 4. The number of nitrogens with zero attached hydrogens (tertiary/aromatic N) is 5. The molecule has 0 radical (unpaired) electrons. The van der Waals surface area contributed by atoms with Crippen molar-refractivity contribution >= 4 is 10.0 Å². The van der Waals surface area contributed by atoms with E-state index in [1.165, 1.54) is 10.5 Å². The Morgan fingerprint density at radius 1 is 1.22 bits per heavy atom. The lowest BCUT2D eigenvalue weighted by Gasteiger charge is -2.23. The van der Waals surface area contributed by atoms with Crippen LogP contribution in [-0.4, -0.2) is 39.4 Å². The summed E-state index contributed by atoms with van der Waals surface area (Å²) in [7, 11) is -3.64. The van der Waals surface area contributed by atoms with Crippen molar-refractivity contribution in [3.05, 3.63) is 53.9 Å². The van der Waals surface area contributed by atoms with Crippen LogP contribution in [0.15, 0.2) is 46.2 Å². The predicted molar refractivity (Wildman–Crippen MR) is 97.1 cm³/mol. The number of aryl methyl sites for hydroxylation is 2. The van der Waals surface area contributed by atoms with Gasteiger partial charge in [-0.2, -0.15) is 4.31 Å². The van der Waals surface area contributed by atoms with Gasteiger partial charge in [-0.05, 0) is 44.9 Å². The Labute approximate surface area is 157 Å². The van der Waals surface area contributed by atoms with Crippen molar-refractivity contribution < 1.29 is 12.9 Å². The number of sulfonamides is 1. The first-order valence-corrected chi connectivity index (χ1v) is 10.1. The van der Waals surface area contributed by atoms with Gasteiger partial charge in [0.05, 0.1) is 23.0 Å². The van der Waals surface area contributed by atoms with Crippen LogP contribution in [0.3, 0.4) is 0 Å². The van der Waals surface area contributed by atoms with Crippen LogP contribution in [0.1, 0.15) is 36.0 Å². The summed E-state index contributed by atoms with van der Waals surface area (Å²) in [5.74, 6) is 1.13. The molecule has 1 fully saturated rings. The normalized spacial score (nSPS) is 18.1. The van der Waals surface area contributed by atoms with Crippen LogP contribution < -0.4 is 0 Å². The third-order valence-corrected chi connectivity index (χ3v) is 6.61. The van der Waals surface area contributed by atoms with Gasteiger partial charge in [-0.1, -0.05) is 5.16 Å². The lowest BCUT2D eigenvalue weighted by atomic mass is 10.1. The fourth-order valence-corrected chi connectivity index (χ4v) is 5.07. The topological polar surface area (TPSA) is 102 Å². The predicted octanol–water partition coefficient (Wildman–Crippen LogP) is 2.67. The van der Waals surface area contributed by atoms with Gasteiger partial charge in [-0.15, -0.1) is 0 Å². The highest BCUT2D eigenvalue weighted by Crippen LogP contribution is 2.36. The number of hydrogen-bond acceptors (Lipinski definition) is 7. The van der Waals surface area contributed by atoms with Crippen LogP contribution in [0.4, 0.5) is 0 Å². The highest BCUT2D eigenvalue weighted by Gasteiger charge is 2.37. The second-order valence-corrected chi connectivity index (χ2v) is 8.36. The van der Waals surface area contributed by atoms with E-state index in [2.05, 4.69) is 20.1 Å². The van der Waals surface area contributed by atoms with E-state index in [1.54, 1.807) is 37.5 Å². The summed E-state index contributed by atoms with van der Waals surface area (Å²) in [6, 6.07) is 4.62. The summed E-state index contributed by atoms with van der Waals surface area (Å²) in [4.78, 5) is 13.1. The smallest absolute Gasteiger partial charge is 0.245 e. The molecule has 9 heteroatoms. The van der Waals surface area contributed by atoms with E-state index in [0.29, 0.717) is 35.9 Å². The summed E-state index contributed by atoms with van der Waals surface area (Å²) in [6.07, 6.45) is 6.06. The summed E-state index contributed by atoms with van der Waals surface area (Å²) in [6.45, 7) is 4.09. The summed E-state index contributed by atoms with van der Waals surface area (Å²) in [5.41, 5.74) is 2.12. The number of pyridine rings is 1. The molecule has 3 aromatic rings. The van der Waals surface area contributed by atoms with E-state index in [4.69, 9.17) is 4.52 Å². The molecule has 27 heavy (non-hydrogen) atoms. The van der Waals surface area contributed by atoms with Crippen molar-refractivity contribution in [2.45, 2.75) is 37.6 Å². The second kappa shape index (κ2) is 6.82. The molecule has 1 atom stereocenters. The van der Waals surface area contributed by atoms with Crippen molar-refractivity contribution in [2.75, 3.05) is 6.54 Å². The van der Waals surface area contributed by atoms with Gasteiger partial charge in [-0.25, -0.2) is 18.4 Å². The maximum Gasteiger partial charge on any atom is 0.245 e. The zero-order valence-electron chi connectivity index (χ0n) is 15.0. The van der Waals surface area contributed by atoms with Gasteiger partial charge in [0.15, 0.2) is 5.82 Å². The maximum atomic E-state index is 13.1. The van der Waals surface area contributed by atoms with E-state index in [1.807, 2.05) is 6.92 Å². The second-order valence-electron chi connectivity index (χ2n) is 6.47. The molecule has 0 saturated carbocycles. The van der Waals surface area contributed by atoms with Crippen LogP contribution in [0.5, 0.6) is 0 Å². The van der Waals surface area contributed by atoms with Gasteiger partial charge in [0.1, 0.15) is 10.7 Å². The Morgan fingerprint density at radius 2 is 2.07 bits per heavy atom.